The van der Waals surface area contributed by atoms with Crippen molar-refractivity contribution in [1.82, 2.24) is 5.32 Å². The third-order valence-electron chi connectivity index (χ3n) is 3.49. The molecule has 2 rings (SSSR count). The number of amides is 1. The zero-order chi connectivity index (χ0) is 13.7. The molecule has 19 heavy (non-hydrogen) atoms. The quantitative estimate of drug-likeness (QED) is 0.918. The predicted molar refractivity (Wildman–Crippen MR) is 79.7 cm³/mol. The average Bonchev–Trinajstić information content (AvgIpc) is 2.40. The lowest BCUT2D eigenvalue weighted by Crippen LogP contribution is -2.46. The van der Waals surface area contributed by atoms with Gasteiger partial charge in [-0.25, -0.2) is 0 Å². The molecule has 1 fully saturated rings. The molecule has 1 saturated heterocycles. The zero-order valence-electron chi connectivity index (χ0n) is 11.4. The van der Waals surface area contributed by atoms with Crippen LogP contribution in [0.1, 0.15) is 32.6 Å². The minimum atomic E-state index is 0.205. The lowest BCUT2D eigenvalue weighted by molar-refractivity contribution is -0.119. The molecule has 0 saturated carbocycles. The molecule has 0 radical (unpaired) electrons. The topological polar surface area (TPSA) is 32.3 Å². The Morgan fingerprint density at radius 3 is 2.79 bits per heavy atom. The standard InChI is InChI=1S/C15H21ClN2O/c1-2-4-15(19)18(13-7-9-17-10-8-13)14-6-3-5-12(16)11-14/h3,5-6,11,13,17H,2,4,7-10H2,1H3. The second-order valence-corrected chi connectivity index (χ2v) is 5.41. The van der Waals surface area contributed by atoms with Gasteiger partial charge in [0.1, 0.15) is 0 Å². The van der Waals surface area contributed by atoms with E-state index in [1.807, 2.05) is 36.1 Å². The Labute approximate surface area is 119 Å². The molecule has 0 aromatic heterocycles. The summed E-state index contributed by atoms with van der Waals surface area (Å²) in [6.07, 6.45) is 3.47. The van der Waals surface area contributed by atoms with Gasteiger partial charge >= 0.3 is 0 Å². The van der Waals surface area contributed by atoms with Crippen LogP contribution in [0.2, 0.25) is 5.02 Å². The van der Waals surface area contributed by atoms with Crippen LogP contribution in [0.4, 0.5) is 5.69 Å². The van der Waals surface area contributed by atoms with E-state index in [2.05, 4.69) is 5.32 Å². The number of nitrogens with one attached hydrogen (secondary N) is 1. The normalized spacial score (nSPS) is 16.3. The maximum Gasteiger partial charge on any atom is 0.227 e. The van der Waals surface area contributed by atoms with Crippen LogP contribution in [-0.4, -0.2) is 25.0 Å². The molecule has 4 heteroatoms. The predicted octanol–water partition coefficient (Wildman–Crippen LogP) is 3.23. The van der Waals surface area contributed by atoms with Crippen LogP contribution in [0.5, 0.6) is 0 Å². The van der Waals surface area contributed by atoms with Crippen molar-refractivity contribution in [3.8, 4) is 0 Å². The number of rotatable bonds is 4. The molecule has 0 spiro atoms. The number of piperidine rings is 1. The van der Waals surface area contributed by atoms with Crippen LogP contribution < -0.4 is 10.2 Å². The van der Waals surface area contributed by atoms with Gasteiger partial charge in [0.15, 0.2) is 0 Å². The summed E-state index contributed by atoms with van der Waals surface area (Å²) in [6.45, 7) is 3.98. The van der Waals surface area contributed by atoms with E-state index >= 15 is 0 Å². The second kappa shape index (κ2) is 6.92. The summed E-state index contributed by atoms with van der Waals surface area (Å²) in [7, 11) is 0. The molecule has 1 aromatic carbocycles. The van der Waals surface area contributed by atoms with E-state index in [0.29, 0.717) is 17.5 Å². The maximum atomic E-state index is 12.4. The molecular weight excluding hydrogens is 260 g/mol. The lowest BCUT2D eigenvalue weighted by Gasteiger charge is -2.35. The smallest absolute Gasteiger partial charge is 0.227 e. The Kier molecular flexibility index (Phi) is 5.23. The van der Waals surface area contributed by atoms with Gasteiger partial charge in [-0.15, -0.1) is 0 Å². The van der Waals surface area contributed by atoms with Crippen LogP contribution in [0.3, 0.4) is 0 Å². The molecule has 1 aromatic rings. The molecule has 1 heterocycles. The van der Waals surface area contributed by atoms with Gasteiger partial charge in [0.05, 0.1) is 0 Å². The first-order valence-corrected chi connectivity index (χ1v) is 7.38. The third kappa shape index (κ3) is 3.71. The van der Waals surface area contributed by atoms with E-state index in [9.17, 15) is 4.79 Å². The van der Waals surface area contributed by atoms with Gasteiger partial charge in [-0.1, -0.05) is 24.6 Å². The van der Waals surface area contributed by atoms with Crippen molar-refractivity contribution < 1.29 is 4.79 Å². The van der Waals surface area contributed by atoms with Crippen LogP contribution in [0.15, 0.2) is 24.3 Å². The lowest BCUT2D eigenvalue weighted by atomic mass is 10.0. The highest BCUT2D eigenvalue weighted by Gasteiger charge is 2.26. The molecule has 1 aliphatic heterocycles. The number of benzene rings is 1. The summed E-state index contributed by atoms with van der Waals surface area (Å²) in [4.78, 5) is 14.4. The SMILES string of the molecule is CCCC(=O)N(c1cccc(Cl)c1)C1CCNCC1. The van der Waals surface area contributed by atoms with Gasteiger partial charge in [0.2, 0.25) is 5.91 Å². The van der Waals surface area contributed by atoms with E-state index < -0.39 is 0 Å². The largest absolute Gasteiger partial charge is 0.317 e. The zero-order valence-corrected chi connectivity index (χ0v) is 12.1. The molecule has 0 atom stereocenters. The molecular formula is C15H21ClN2O. The fourth-order valence-electron chi connectivity index (χ4n) is 2.58. The van der Waals surface area contributed by atoms with Crippen LogP contribution in [-0.2, 0) is 4.79 Å². The Morgan fingerprint density at radius 1 is 1.42 bits per heavy atom. The molecule has 104 valence electrons. The van der Waals surface area contributed by atoms with Gasteiger partial charge in [-0.3, -0.25) is 4.79 Å². The highest BCUT2D eigenvalue weighted by atomic mass is 35.5. The summed E-state index contributed by atoms with van der Waals surface area (Å²) in [5.74, 6) is 0.205. The van der Waals surface area contributed by atoms with Crippen LogP contribution in [0.25, 0.3) is 0 Å². The number of carbonyl (C=O) groups is 1. The van der Waals surface area contributed by atoms with Gasteiger partial charge in [0.25, 0.3) is 0 Å². The van der Waals surface area contributed by atoms with E-state index in [4.69, 9.17) is 11.6 Å². The van der Waals surface area contributed by atoms with Gasteiger partial charge in [-0.05, 0) is 50.6 Å². The number of carbonyl (C=O) groups excluding carboxylic acids is 1. The van der Waals surface area contributed by atoms with Crippen LogP contribution in [0, 0.1) is 0 Å². The summed E-state index contributed by atoms with van der Waals surface area (Å²) in [5.41, 5.74) is 0.929. The first-order valence-electron chi connectivity index (χ1n) is 7.00. The number of hydrogen-bond acceptors (Lipinski definition) is 2. The fraction of sp³-hybridized carbons (Fsp3) is 0.533. The molecule has 3 nitrogen and oxygen atoms in total. The molecule has 1 amide bonds. The number of anilines is 1. The highest BCUT2D eigenvalue weighted by Crippen LogP contribution is 2.25. The Bertz CT molecular complexity index is 430. The van der Waals surface area contributed by atoms with Crippen molar-refractivity contribution in [3.05, 3.63) is 29.3 Å². The fourth-order valence-corrected chi connectivity index (χ4v) is 2.77. The maximum absolute atomic E-state index is 12.4. The highest BCUT2D eigenvalue weighted by molar-refractivity contribution is 6.30. The molecule has 0 unspecified atom stereocenters. The molecule has 0 aliphatic carbocycles. The van der Waals surface area contributed by atoms with Gasteiger partial charge < -0.3 is 10.2 Å². The third-order valence-corrected chi connectivity index (χ3v) is 3.73. The Morgan fingerprint density at radius 2 is 2.16 bits per heavy atom. The summed E-state index contributed by atoms with van der Waals surface area (Å²) in [5, 5.41) is 4.02. The number of hydrogen-bond donors (Lipinski definition) is 1. The van der Waals surface area contributed by atoms with Crippen molar-refractivity contribution in [3.63, 3.8) is 0 Å². The Balaban J connectivity index is 2.24. The van der Waals surface area contributed by atoms with Crippen molar-refractivity contribution in [2.24, 2.45) is 0 Å². The number of halogens is 1. The first kappa shape index (κ1) is 14.4. The van der Waals surface area contributed by atoms with E-state index in [-0.39, 0.29) is 5.91 Å². The minimum absolute atomic E-state index is 0.205. The minimum Gasteiger partial charge on any atom is -0.317 e. The van der Waals surface area contributed by atoms with Gasteiger partial charge in [-0.2, -0.15) is 0 Å². The van der Waals surface area contributed by atoms with Crippen molar-refractivity contribution >= 4 is 23.2 Å². The monoisotopic (exact) mass is 280 g/mol. The second-order valence-electron chi connectivity index (χ2n) is 4.97. The molecule has 1 aliphatic rings. The van der Waals surface area contributed by atoms with Crippen molar-refractivity contribution in [2.75, 3.05) is 18.0 Å². The van der Waals surface area contributed by atoms with Crippen LogP contribution >= 0.6 is 11.6 Å². The molecule has 1 N–H and O–H groups in total. The number of nitrogens with zero attached hydrogens (tertiary/aromatic N) is 1. The summed E-state index contributed by atoms with van der Waals surface area (Å²) in [6, 6.07) is 7.90. The van der Waals surface area contributed by atoms with E-state index in [0.717, 1.165) is 38.0 Å². The molecule has 0 bridgehead atoms. The van der Waals surface area contributed by atoms with Crippen molar-refractivity contribution in [1.29, 1.82) is 0 Å². The summed E-state index contributed by atoms with van der Waals surface area (Å²) < 4.78 is 0. The summed E-state index contributed by atoms with van der Waals surface area (Å²) >= 11 is 6.06. The van der Waals surface area contributed by atoms with Gasteiger partial charge in [0, 0.05) is 23.2 Å². The Hall–Kier alpha value is -1.06. The van der Waals surface area contributed by atoms with E-state index in [1.165, 1.54) is 0 Å². The average molecular weight is 281 g/mol. The van der Waals surface area contributed by atoms with Crippen molar-refractivity contribution in [2.45, 2.75) is 38.6 Å². The first-order chi connectivity index (χ1) is 9.22. The van der Waals surface area contributed by atoms with E-state index in [1.54, 1.807) is 0 Å².